The second-order valence-electron chi connectivity index (χ2n) is 4.22. The topological polar surface area (TPSA) is 63.8 Å². The largest absolute Gasteiger partial charge is 0.393 e. The van der Waals surface area contributed by atoms with Gasteiger partial charge in [-0.25, -0.2) is 18.7 Å². The number of nitrogens with one attached hydrogen (secondary N) is 1. The molecule has 0 amide bonds. The summed E-state index contributed by atoms with van der Waals surface area (Å²) in [6.45, 7) is 0. The average molecular weight is 297 g/mol. The Balaban J connectivity index is 0.00000162. The minimum Gasteiger partial charge on any atom is -0.393 e. The monoisotopic (exact) mass is 296 g/mol. The van der Waals surface area contributed by atoms with Crippen LogP contribution in [0.1, 0.15) is 25.7 Å². The first kappa shape index (κ1) is 15.2. The molecule has 0 aliphatic heterocycles. The van der Waals surface area contributed by atoms with Crippen molar-refractivity contribution in [2.75, 3.05) is 11.1 Å². The van der Waals surface area contributed by atoms with Crippen LogP contribution in [0.4, 0.5) is 20.3 Å². The molecular formula is C10H15ClF2N4S. The van der Waals surface area contributed by atoms with Crippen LogP contribution < -0.4 is 11.1 Å². The number of anilines is 2. The number of aromatic nitrogens is 2. The Kier molecular flexibility index (Phi) is 4.98. The lowest BCUT2D eigenvalue weighted by atomic mass is 9.92. The van der Waals surface area contributed by atoms with Crippen molar-refractivity contribution in [3.63, 3.8) is 0 Å². The van der Waals surface area contributed by atoms with Gasteiger partial charge in [0.05, 0.1) is 0 Å². The highest BCUT2D eigenvalue weighted by Crippen LogP contribution is 2.35. The van der Waals surface area contributed by atoms with E-state index in [0.29, 0.717) is 18.7 Å². The molecule has 1 aliphatic carbocycles. The summed E-state index contributed by atoms with van der Waals surface area (Å²) in [6.07, 6.45) is 2.17. The molecule has 0 radical (unpaired) electrons. The van der Waals surface area contributed by atoms with E-state index in [-0.39, 0.29) is 43.2 Å². The zero-order valence-electron chi connectivity index (χ0n) is 9.59. The van der Waals surface area contributed by atoms with Gasteiger partial charge >= 0.3 is 0 Å². The molecule has 102 valence electrons. The number of hydrogen-bond acceptors (Lipinski definition) is 4. The van der Waals surface area contributed by atoms with Gasteiger partial charge in [-0.15, -0.1) is 0 Å². The third-order valence-corrected chi connectivity index (χ3v) is 3.12. The molecule has 0 aromatic carbocycles. The number of nitrogens with zero attached hydrogens (tertiary/aromatic N) is 2. The van der Waals surface area contributed by atoms with Crippen molar-refractivity contribution in [2.45, 2.75) is 37.6 Å². The van der Waals surface area contributed by atoms with Crippen molar-refractivity contribution in [2.24, 2.45) is 0 Å². The van der Waals surface area contributed by atoms with Crippen LogP contribution in [-0.4, -0.2) is 21.9 Å². The maximum Gasteiger partial charge on any atom is 0.250 e. The average Bonchev–Trinajstić information content (AvgIpc) is 2.23. The predicted octanol–water partition coefficient (Wildman–Crippen LogP) is 2.81. The third kappa shape index (κ3) is 3.58. The Morgan fingerprint density at radius 1 is 1.44 bits per heavy atom. The Hall–Kier alpha value is -0.820. The van der Waals surface area contributed by atoms with Gasteiger partial charge < -0.3 is 11.1 Å². The van der Waals surface area contributed by atoms with Gasteiger partial charge in [0.2, 0.25) is 5.92 Å². The summed E-state index contributed by atoms with van der Waals surface area (Å²) in [5.41, 5.74) is 5.86. The van der Waals surface area contributed by atoms with Gasteiger partial charge in [0.1, 0.15) is 12.0 Å². The zero-order chi connectivity index (χ0) is 12.5. The van der Waals surface area contributed by atoms with Crippen molar-refractivity contribution >= 4 is 36.6 Å². The highest BCUT2D eigenvalue weighted by molar-refractivity contribution is 7.59. The van der Waals surface area contributed by atoms with Crippen LogP contribution in [0.15, 0.2) is 6.33 Å². The predicted molar refractivity (Wildman–Crippen MR) is 72.7 cm³/mol. The maximum absolute atomic E-state index is 13.2. The van der Waals surface area contributed by atoms with Gasteiger partial charge in [0.15, 0.2) is 11.0 Å². The summed E-state index contributed by atoms with van der Waals surface area (Å²) in [4.78, 5) is 7.61. The molecule has 1 aromatic heterocycles. The molecule has 18 heavy (non-hydrogen) atoms. The number of halogens is 3. The Morgan fingerprint density at radius 3 is 2.83 bits per heavy atom. The van der Waals surface area contributed by atoms with Crippen LogP contribution in [0.25, 0.3) is 0 Å². The van der Waals surface area contributed by atoms with Gasteiger partial charge in [-0.2, -0.15) is 13.5 Å². The van der Waals surface area contributed by atoms with Crippen molar-refractivity contribution in [3.8, 4) is 0 Å². The first-order valence-corrected chi connectivity index (χ1v) is 5.76. The molecule has 1 saturated carbocycles. The quantitative estimate of drug-likeness (QED) is 0.824. The number of rotatable bonds is 2. The normalized spacial score (nSPS) is 22.1. The number of alkyl halides is 2. The number of nitrogens with two attached hydrogens (primary N) is 1. The molecule has 1 heterocycles. The number of hydrogen-bond donors (Lipinski definition) is 2. The SMILES string of the molecule is Nc1c(Cl)ncnc1N[C@H]1CCCC(F)(F)C1.S. The Labute approximate surface area is 116 Å². The molecule has 4 nitrogen and oxygen atoms in total. The van der Waals surface area contributed by atoms with Crippen molar-refractivity contribution < 1.29 is 8.78 Å². The molecule has 1 aromatic rings. The van der Waals surface area contributed by atoms with Gasteiger partial charge in [-0.05, 0) is 12.8 Å². The maximum atomic E-state index is 13.2. The molecule has 1 atom stereocenters. The fourth-order valence-corrected chi connectivity index (χ4v) is 2.11. The summed E-state index contributed by atoms with van der Waals surface area (Å²) in [6, 6.07) is -0.327. The second kappa shape index (κ2) is 5.88. The summed E-state index contributed by atoms with van der Waals surface area (Å²) in [5, 5.41) is 3.03. The minimum atomic E-state index is -2.61. The first-order valence-electron chi connectivity index (χ1n) is 5.38. The van der Waals surface area contributed by atoms with Crippen LogP contribution >= 0.6 is 25.1 Å². The highest BCUT2D eigenvalue weighted by atomic mass is 35.5. The van der Waals surface area contributed by atoms with Crippen LogP contribution in [-0.2, 0) is 0 Å². The molecule has 0 unspecified atom stereocenters. The lowest BCUT2D eigenvalue weighted by Crippen LogP contribution is -2.34. The van der Waals surface area contributed by atoms with Gasteiger partial charge in [-0.1, -0.05) is 11.6 Å². The highest BCUT2D eigenvalue weighted by Gasteiger charge is 2.36. The molecule has 2 rings (SSSR count). The fraction of sp³-hybridized carbons (Fsp3) is 0.600. The molecule has 0 spiro atoms. The smallest absolute Gasteiger partial charge is 0.250 e. The molecule has 1 fully saturated rings. The summed E-state index contributed by atoms with van der Waals surface area (Å²) >= 11 is 5.72. The van der Waals surface area contributed by atoms with Gasteiger partial charge in [0, 0.05) is 18.9 Å². The Morgan fingerprint density at radius 2 is 2.17 bits per heavy atom. The van der Waals surface area contributed by atoms with E-state index < -0.39 is 5.92 Å². The van der Waals surface area contributed by atoms with E-state index in [2.05, 4.69) is 15.3 Å². The first-order chi connectivity index (χ1) is 7.98. The van der Waals surface area contributed by atoms with Gasteiger partial charge in [0.25, 0.3) is 0 Å². The number of nitrogen functional groups attached to an aromatic ring is 1. The second-order valence-corrected chi connectivity index (χ2v) is 4.58. The molecular weight excluding hydrogens is 282 g/mol. The van der Waals surface area contributed by atoms with E-state index in [1.807, 2.05) is 0 Å². The summed E-state index contributed by atoms with van der Waals surface area (Å²) in [7, 11) is 0. The summed E-state index contributed by atoms with van der Waals surface area (Å²) in [5.74, 6) is -2.28. The van der Waals surface area contributed by atoms with Crippen LogP contribution in [0.5, 0.6) is 0 Å². The van der Waals surface area contributed by atoms with E-state index in [4.69, 9.17) is 17.3 Å². The van der Waals surface area contributed by atoms with Crippen LogP contribution in [0.2, 0.25) is 5.15 Å². The van der Waals surface area contributed by atoms with Gasteiger partial charge in [-0.3, -0.25) is 0 Å². The Bertz CT molecular complexity index is 419. The molecule has 3 N–H and O–H groups in total. The van der Waals surface area contributed by atoms with E-state index in [9.17, 15) is 8.78 Å². The van der Waals surface area contributed by atoms with E-state index in [1.165, 1.54) is 6.33 Å². The van der Waals surface area contributed by atoms with E-state index in [0.717, 1.165) is 0 Å². The summed E-state index contributed by atoms with van der Waals surface area (Å²) < 4.78 is 26.4. The standard InChI is InChI=1S/C10H13ClF2N4.H2S/c11-8-7(14)9(16-5-15-8)17-6-2-1-3-10(12,13)4-6;/h5-6H,1-4,14H2,(H,15,16,17);1H2/t6-;/m0./s1. The van der Waals surface area contributed by atoms with Crippen LogP contribution in [0, 0.1) is 0 Å². The minimum absolute atomic E-state index is 0. The van der Waals surface area contributed by atoms with Crippen molar-refractivity contribution in [1.29, 1.82) is 0 Å². The third-order valence-electron chi connectivity index (χ3n) is 2.82. The molecule has 0 bridgehead atoms. The lowest BCUT2D eigenvalue weighted by molar-refractivity contribution is -0.0373. The van der Waals surface area contributed by atoms with Crippen molar-refractivity contribution in [3.05, 3.63) is 11.5 Å². The van der Waals surface area contributed by atoms with Crippen molar-refractivity contribution in [1.82, 2.24) is 9.97 Å². The molecule has 1 aliphatic rings. The fourth-order valence-electron chi connectivity index (χ4n) is 1.98. The van der Waals surface area contributed by atoms with Crippen LogP contribution in [0.3, 0.4) is 0 Å². The van der Waals surface area contributed by atoms with E-state index in [1.54, 1.807) is 0 Å². The van der Waals surface area contributed by atoms with E-state index >= 15 is 0 Å². The molecule has 0 saturated heterocycles. The lowest BCUT2D eigenvalue weighted by Gasteiger charge is -2.30. The molecule has 8 heteroatoms. The zero-order valence-corrected chi connectivity index (χ0v) is 11.3.